The van der Waals surface area contributed by atoms with Crippen LogP contribution in [0.25, 0.3) is 0 Å². The van der Waals surface area contributed by atoms with E-state index in [2.05, 4.69) is 5.32 Å². The molecule has 2 saturated heterocycles. The Balaban J connectivity index is 1.38. The van der Waals surface area contributed by atoms with Gasteiger partial charge in [0, 0.05) is 12.6 Å². The molecule has 0 radical (unpaired) electrons. The summed E-state index contributed by atoms with van der Waals surface area (Å²) in [6, 6.07) is 5.72. The minimum Gasteiger partial charge on any atom is -0.454 e. The number of nitrogens with one attached hydrogen (secondary N) is 1. The fourth-order valence-electron chi connectivity index (χ4n) is 4.65. The summed E-state index contributed by atoms with van der Waals surface area (Å²) in [7, 11) is 0. The van der Waals surface area contributed by atoms with Crippen molar-refractivity contribution in [3.05, 3.63) is 35.9 Å². The van der Waals surface area contributed by atoms with Crippen LogP contribution in [-0.2, 0) is 20.9 Å². The van der Waals surface area contributed by atoms with Crippen LogP contribution in [-0.4, -0.2) is 47.8 Å². The lowest BCUT2D eigenvalue weighted by Crippen LogP contribution is -2.45. The highest BCUT2D eigenvalue weighted by Crippen LogP contribution is 2.52. The lowest BCUT2D eigenvalue weighted by Gasteiger charge is -2.24. The Hall–Kier alpha value is -2.54. The maximum atomic E-state index is 13.2. The van der Waals surface area contributed by atoms with Crippen LogP contribution in [0.2, 0.25) is 0 Å². The average molecular weight is 370 g/mol. The molecule has 0 saturated carbocycles. The Labute approximate surface area is 157 Å². The maximum Gasteiger partial charge on any atom is 0.231 e. The van der Waals surface area contributed by atoms with Gasteiger partial charge in [0.05, 0.1) is 24.5 Å². The van der Waals surface area contributed by atoms with Crippen molar-refractivity contribution in [3.63, 3.8) is 0 Å². The molecule has 0 unspecified atom stereocenters. The van der Waals surface area contributed by atoms with Gasteiger partial charge in [0.15, 0.2) is 11.5 Å². The Morgan fingerprint density at radius 1 is 1.33 bits per heavy atom. The molecule has 1 aromatic carbocycles. The SMILES string of the molecule is CC(C)NC(=O)[C@@H]1[C@H]2C(=O)N(Cc3ccc4c(c3)OCO4)C[C@@]23C=C[C@H]1O3. The Bertz CT molecular complexity index is 851. The number of fused-ring (bicyclic) bond motifs is 2. The van der Waals surface area contributed by atoms with Crippen LogP contribution in [0.1, 0.15) is 19.4 Å². The number of carbonyl (C=O) groups excluding carboxylic acids is 2. The van der Waals surface area contributed by atoms with Crippen LogP contribution in [0.3, 0.4) is 0 Å². The van der Waals surface area contributed by atoms with Gasteiger partial charge in [-0.15, -0.1) is 0 Å². The molecule has 4 aliphatic rings. The topological polar surface area (TPSA) is 77.1 Å². The van der Waals surface area contributed by atoms with E-state index in [4.69, 9.17) is 14.2 Å². The second-order valence-electron chi connectivity index (χ2n) is 7.95. The normalized spacial score (nSPS) is 32.5. The molecule has 5 rings (SSSR count). The summed E-state index contributed by atoms with van der Waals surface area (Å²) in [5, 5.41) is 2.94. The van der Waals surface area contributed by atoms with Gasteiger partial charge in [-0.2, -0.15) is 0 Å². The zero-order valence-electron chi connectivity index (χ0n) is 15.3. The number of nitrogens with zero attached hydrogens (tertiary/aromatic N) is 1. The van der Waals surface area contributed by atoms with Crippen LogP contribution in [0.4, 0.5) is 0 Å². The smallest absolute Gasteiger partial charge is 0.231 e. The van der Waals surface area contributed by atoms with Crippen molar-refractivity contribution in [3.8, 4) is 11.5 Å². The molecule has 1 aromatic rings. The van der Waals surface area contributed by atoms with Crippen LogP contribution >= 0.6 is 0 Å². The van der Waals surface area contributed by atoms with E-state index >= 15 is 0 Å². The number of rotatable bonds is 4. The molecule has 7 heteroatoms. The van der Waals surface area contributed by atoms with E-state index in [9.17, 15) is 9.59 Å². The van der Waals surface area contributed by atoms with Crippen molar-refractivity contribution in [1.29, 1.82) is 0 Å². The van der Waals surface area contributed by atoms with Crippen LogP contribution in [0.5, 0.6) is 11.5 Å². The molecule has 2 amide bonds. The molecule has 0 aliphatic carbocycles. The monoisotopic (exact) mass is 370 g/mol. The fraction of sp³-hybridized carbons (Fsp3) is 0.500. The van der Waals surface area contributed by atoms with Gasteiger partial charge in [-0.25, -0.2) is 0 Å². The number of hydrogen-bond acceptors (Lipinski definition) is 5. The lowest BCUT2D eigenvalue weighted by atomic mass is 9.76. The summed E-state index contributed by atoms with van der Waals surface area (Å²) in [6.07, 6.45) is 3.59. The molecule has 1 N–H and O–H groups in total. The second kappa shape index (κ2) is 5.73. The number of ether oxygens (including phenoxy) is 3. The van der Waals surface area contributed by atoms with Gasteiger partial charge >= 0.3 is 0 Å². The summed E-state index contributed by atoms with van der Waals surface area (Å²) in [4.78, 5) is 27.7. The Morgan fingerprint density at radius 3 is 2.96 bits per heavy atom. The molecule has 7 nitrogen and oxygen atoms in total. The Morgan fingerprint density at radius 2 is 2.15 bits per heavy atom. The largest absolute Gasteiger partial charge is 0.454 e. The summed E-state index contributed by atoms with van der Waals surface area (Å²) in [5.41, 5.74) is 0.280. The predicted molar refractivity (Wildman–Crippen MR) is 95.0 cm³/mol. The zero-order valence-corrected chi connectivity index (χ0v) is 15.3. The van der Waals surface area contributed by atoms with Gasteiger partial charge in [0.25, 0.3) is 0 Å². The highest BCUT2D eigenvalue weighted by Gasteiger charge is 2.66. The molecule has 1 spiro atoms. The highest BCUT2D eigenvalue weighted by atomic mass is 16.7. The predicted octanol–water partition coefficient (Wildman–Crippen LogP) is 1.22. The first-order valence-corrected chi connectivity index (χ1v) is 9.32. The van der Waals surface area contributed by atoms with Crippen molar-refractivity contribution in [2.45, 2.75) is 38.1 Å². The highest BCUT2D eigenvalue weighted by molar-refractivity contribution is 5.93. The molecule has 0 aromatic heterocycles. The van der Waals surface area contributed by atoms with Crippen LogP contribution in [0.15, 0.2) is 30.4 Å². The van der Waals surface area contributed by atoms with Crippen molar-refractivity contribution < 1.29 is 23.8 Å². The van der Waals surface area contributed by atoms with Crippen molar-refractivity contribution in [2.24, 2.45) is 11.8 Å². The first-order valence-electron chi connectivity index (χ1n) is 9.32. The summed E-state index contributed by atoms with van der Waals surface area (Å²) in [5.74, 6) is 0.362. The number of hydrogen-bond donors (Lipinski definition) is 1. The third-order valence-electron chi connectivity index (χ3n) is 5.72. The standard InChI is InChI=1S/C20H22N2O5/c1-11(2)21-18(23)16-14-5-6-20(27-14)9-22(19(24)17(16)20)8-12-3-4-13-15(7-12)26-10-25-13/h3-7,11,14,16-17H,8-10H2,1-2H3,(H,21,23)/t14-,16+,17+,20+/m1/s1. The number of amides is 2. The summed E-state index contributed by atoms with van der Waals surface area (Å²) < 4.78 is 16.9. The van der Waals surface area contributed by atoms with E-state index in [1.807, 2.05) is 44.2 Å². The molecule has 142 valence electrons. The van der Waals surface area contributed by atoms with Gasteiger partial charge in [-0.05, 0) is 31.5 Å². The van der Waals surface area contributed by atoms with Crippen molar-refractivity contribution >= 4 is 11.8 Å². The van der Waals surface area contributed by atoms with Crippen LogP contribution < -0.4 is 14.8 Å². The molecular weight excluding hydrogens is 348 g/mol. The van der Waals surface area contributed by atoms with Crippen LogP contribution in [0, 0.1) is 11.8 Å². The minimum atomic E-state index is -0.683. The third kappa shape index (κ3) is 2.45. The van der Waals surface area contributed by atoms with E-state index < -0.39 is 17.4 Å². The molecule has 2 bridgehead atoms. The van der Waals surface area contributed by atoms with Gasteiger partial charge in [0.2, 0.25) is 18.6 Å². The summed E-state index contributed by atoms with van der Waals surface area (Å²) >= 11 is 0. The minimum absolute atomic E-state index is 0.0246. The molecule has 4 atom stereocenters. The number of carbonyl (C=O) groups is 2. The maximum absolute atomic E-state index is 13.2. The van der Waals surface area contributed by atoms with Gasteiger partial charge in [0.1, 0.15) is 5.60 Å². The van der Waals surface area contributed by atoms with Gasteiger partial charge < -0.3 is 24.4 Å². The van der Waals surface area contributed by atoms with E-state index in [1.54, 1.807) is 4.90 Å². The molecule has 4 aliphatic heterocycles. The molecular formula is C20H22N2O5. The third-order valence-corrected chi connectivity index (χ3v) is 5.72. The molecule has 27 heavy (non-hydrogen) atoms. The van der Waals surface area contributed by atoms with Gasteiger partial charge in [-0.3, -0.25) is 9.59 Å². The lowest BCUT2D eigenvalue weighted by molar-refractivity contribution is -0.138. The van der Waals surface area contributed by atoms with Crippen molar-refractivity contribution in [1.82, 2.24) is 10.2 Å². The van der Waals surface area contributed by atoms with E-state index in [0.29, 0.717) is 18.8 Å². The van der Waals surface area contributed by atoms with Gasteiger partial charge in [-0.1, -0.05) is 18.2 Å². The van der Waals surface area contributed by atoms with E-state index in [0.717, 1.165) is 11.3 Å². The number of benzene rings is 1. The van der Waals surface area contributed by atoms with E-state index in [-0.39, 0.29) is 30.8 Å². The van der Waals surface area contributed by atoms with Crippen molar-refractivity contribution in [2.75, 3.05) is 13.3 Å². The Kier molecular flexibility index (Phi) is 3.53. The molecule has 4 heterocycles. The summed E-state index contributed by atoms with van der Waals surface area (Å²) in [6.45, 7) is 4.97. The molecule has 2 fully saturated rings. The van der Waals surface area contributed by atoms with E-state index in [1.165, 1.54) is 0 Å². The second-order valence-corrected chi connectivity index (χ2v) is 7.95. The average Bonchev–Trinajstić information content (AvgIpc) is 3.35. The quantitative estimate of drug-likeness (QED) is 0.807. The first-order chi connectivity index (χ1) is 13.0. The fourth-order valence-corrected chi connectivity index (χ4v) is 4.65. The number of likely N-dealkylation sites (tertiary alicyclic amines) is 1. The first kappa shape index (κ1) is 16.6. The zero-order chi connectivity index (χ0) is 18.8.